The number of halogens is 1. The van der Waals surface area contributed by atoms with Gasteiger partial charge in [-0.15, -0.1) is 0 Å². The van der Waals surface area contributed by atoms with E-state index in [0.29, 0.717) is 6.54 Å². The van der Waals surface area contributed by atoms with Crippen molar-refractivity contribution >= 4 is 5.97 Å². The van der Waals surface area contributed by atoms with E-state index < -0.39 is 11.6 Å². The summed E-state index contributed by atoms with van der Waals surface area (Å²) >= 11 is 0. The predicted octanol–water partition coefficient (Wildman–Crippen LogP) is 2.33. The summed E-state index contributed by atoms with van der Waals surface area (Å²) in [5.74, 6) is -0.759. The van der Waals surface area contributed by atoms with Crippen molar-refractivity contribution in [1.82, 2.24) is 4.90 Å². The molecule has 18 heavy (non-hydrogen) atoms. The highest BCUT2D eigenvalue weighted by Gasteiger charge is 2.47. The van der Waals surface area contributed by atoms with Crippen LogP contribution in [0.3, 0.4) is 0 Å². The molecule has 1 heterocycles. The van der Waals surface area contributed by atoms with Gasteiger partial charge in [0.2, 0.25) is 5.67 Å². The van der Waals surface area contributed by atoms with Crippen molar-refractivity contribution in [3.8, 4) is 0 Å². The number of ether oxygens (including phenoxy) is 1. The average molecular weight is 251 g/mol. The number of esters is 1. The second-order valence-corrected chi connectivity index (χ2v) is 4.76. The molecule has 0 amide bonds. The van der Waals surface area contributed by atoms with Crippen molar-refractivity contribution in [2.45, 2.75) is 25.1 Å². The van der Waals surface area contributed by atoms with Crippen LogP contribution in [0.25, 0.3) is 0 Å². The van der Waals surface area contributed by atoms with Crippen LogP contribution in [0.15, 0.2) is 30.3 Å². The zero-order valence-electron chi connectivity index (χ0n) is 10.7. The van der Waals surface area contributed by atoms with E-state index in [9.17, 15) is 9.18 Å². The van der Waals surface area contributed by atoms with Crippen LogP contribution in [-0.4, -0.2) is 36.7 Å². The first-order chi connectivity index (χ1) is 8.57. The standard InChI is InChI=1S/C14H18FNO2/c1-11(12-6-4-3-5-7-12)16-9-8-14(15,10-16)13(17)18-2/h3-7,11H,8-10H2,1-2H3/t11-,14?/m1/s1. The van der Waals surface area contributed by atoms with E-state index in [1.165, 1.54) is 7.11 Å². The van der Waals surface area contributed by atoms with E-state index in [1.807, 2.05) is 42.2 Å². The molecule has 3 nitrogen and oxygen atoms in total. The molecule has 98 valence electrons. The number of likely N-dealkylation sites (tertiary alicyclic amines) is 1. The third-order valence-electron chi connectivity index (χ3n) is 3.63. The Morgan fingerprint density at radius 2 is 2.11 bits per heavy atom. The number of carbonyl (C=O) groups excluding carboxylic acids is 1. The summed E-state index contributed by atoms with van der Waals surface area (Å²) < 4.78 is 18.8. The van der Waals surface area contributed by atoms with Crippen molar-refractivity contribution in [1.29, 1.82) is 0 Å². The molecule has 2 rings (SSSR count). The molecule has 1 saturated heterocycles. The Hall–Kier alpha value is -1.42. The second-order valence-electron chi connectivity index (χ2n) is 4.76. The molecule has 4 heteroatoms. The predicted molar refractivity (Wildman–Crippen MR) is 66.9 cm³/mol. The van der Waals surface area contributed by atoms with Gasteiger partial charge in [0.1, 0.15) is 0 Å². The number of hydrogen-bond donors (Lipinski definition) is 0. The lowest BCUT2D eigenvalue weighted by molar-refractivity contribution is -0.153. The largest absolute Gasteiger partial charge is 0.467 e. The monoisotopic (exact) mass is 251 g/mol. The Bertz CT molecular complexity index is 423. The number of alkyl halides is 1. The topological polar surface area (TPSA) is 29.5 Å². The van der Waals surface area contributed by atoms with Gasteiger partial charge in [-0.05, 0) is 12.5 Å². The van der Waals surface area contributed by atoms with Gasteiger partial charge in [0.25, 0.3) is 0 Å². The van der Waals surface area contributed by atoms with Crippen molar-refractivity contribution in [3.63, 3.8) is 0 Å². The first-order valence-electron chi connectivity index (χ1n) is 6.13. The molecular formula is C14H18FNO2. The number of nitrogens with zero attached hydrogens (tertiary/aromatic N) is 1. The maximum Gasteiger partial charge on any atom is 0.345 e. The van der Waals surface area contributed by atoms with Crippen molar-refractivity contribution in [2.24, 2.45) is 0 Å². The fourth-order valence-electron chi connectivity index (χ4n) is 2.42. The Balaban J connectivity index is 2.07. The fraction of sp³-hybridized carbons (Fsp3) is 0.500. The highest BCUT2D eigenvalue weighted by atomic mass is 19.1. The zero-order valence-corrected chi connectivity index (χ0v) is 10.7. The number of rotatable bonds is 3. The number of carbonyl (C=O) groups is 1. The van der Waals surface area contributed by atoms with Crippen LogP contribution < -0.4 is 0 Å². The molecular weight excluding hydrogens is 233 g/mol. The van der Waals surface area contributed by atoms with E-state index in [1.54, 1.807) is 0 Å². The van der Waals surface area contributed by atoms with Crippen LogP contribution in [-0.2, 0) is 9.53 Å². The molecule has 0 aromatic heterocycles. The molecule has 1 unspecified atom stereocenters. The molecule has 0 radical (unpaired) electrons. The summed E-state index contributed by atoms with van der Waals surface area (Å²) in [6.45, 7) is 2.70. The van der Waals surface area contributed by atoms with Crippen LogP contribution in [0.4, 0.5) is 4.39 Å². The van der Waals surface area contributed by atoms with Crippen LogP contribution in [0.5, 0.6) is 0 Å². The Labute approximate surface area is 107 Å². The van der Waals surface area contributed by atoms with E-state index in [0.717, 1.165) is 5.56 Å². The minimum absolute atomic E-state index is 0.105. The smallest absolute Gasteiger partial charge is 0.345 e. The van der Waals surface area contributed by atoms with Crippen LogP contribution in [0.1, 0.15) is 24.9 Å². The molecule has 0 saturated carbocycles. The summed E-state index contributed by atoms with van der Waals surface area (Å²) in [5, 5.41) is 0. The minimum atomic E-state index is -1.85. The van der Waals surface area contributed by atoms with Gasteiger partial charge in [-0.1, -0.05) is 30.3 Å². The lowest BCUT2D eigenvalue weighted by atomic mass is 10.1. The molecule has 1 aliphatic rings. The molecule has 0 N–H and O–H groups in total. The van der Waals surface area contributed by atoms with E-state index in [-0.39, 0.29) is 19.0 Å². The number of methoxy groups -OCH3 is 1. The summed E-state index contributed by atoms with van der Waals surface area (Å²) in [7, 11) is 1.23. The SMILES string of the molecule is COC(=O)C1(F)CCN([C@H](C)c2ccccc2)C1. The van der Waals surface area contributed by atoms with Gasteiger partial charge in [0.05, 0.1) is 7.11 Å². The Kier molecular flexibility index (Phi) is 3.66. The first kappa shape index (κ1) is 13.0. The van der Waals surface area contributed by atoms with Crippen LogP contribution >= 0.6 is 0 Å². The Morgan fingerprint density at radius 3 is 2.72 bits per heavy atom. The number of benzene rings is 1. The van der Waals surface area contributed by atoms with Gasteiger partial charge in [-0.3, -0.25) is 4.90 Å². The maximum atomic E-state index is 14.3. The van der Waals surface area contributed by atoms with Crippen LogP contribution in [0.2, 0.25) is 0 Å². The Morgan fingerprint density at radius 1 is 1.44 bits per heavy atom. The van der Waals surface area contributed by atoms with E-state index in [2.05, 4.69) is 4.74 Å². The van der Waals surface area contributed by atoms with Crippen molar-refractivity contribution in [2.75, 3.05) is 20.2 Å². The van der Waals surface area contributed by atoms with Gasteiger partial charge < -0.3 is 4.74 Å². The van der Waals surface area contributed by atoms with Gasteiger partial charge >= 0.3 is 5.97 Å². The second kappa shape index (κ2) is 5.06. The summed E-state index contributed by atoms with van der Waals surface area (Å²) in [5.41, 5.74) is -0.718. The normalized spacial score (nSPS) is 25.9. The molecule has 0 spiro atoms. The highest BCUT2D eigenvalue weighted by Crippen LogP contribution is 2.32. The third-order valence-corrected chi connectivity index (χ3v) is 3.63. The summed E-state index contributed by atoms with van der Waals surface area (Å²) in [6.07, 6.45) is 0.205. The van der Waals surface area contributed by atoms with Gasteiger partial charge in [-0.2, -0.15) is 0 Å². The quantitative estimate of drug-likeness (QED) is 0.772. The molecule has 1 aromatic rings. The summed E-state index contributed by atoms with van der Waals surface area (Å²) in [4.78, 5) is 13.4. The van der Waals surface area contributed by atoms with Gasteiger partial charge in [0, 0.05) is 25.6 Å². The molecule has 0 bridgehead atoms. The average Bonchev–Trinajstić information content (AvgIpc) is 2.82. The lowest BCUT2D eigenvalue weighted by Gasteiger charge is -2.25. The fourth-order valence-corrected chi connectivity index (χ4v) is 2.42. The maximum absolute atomic E-state index is 14.3. The van der Waals surface area contributed by atoms with Crippen molar-refractivity contribution < 1.29 is 13.9 Å². The molecule has 2 atom stereocenters. The lowest BCUT2D eigenvalue weighted by Crippen LogP contribution is -2.38. The summed E-state index contributed by atoms with van der Waals surface area (Å²) in [6, 6.07) is 10.0. The van der Waals surface area contributed by atoms with Crippen molar-refractivity contribution in [3.05, 3.63) is 35.9 Å². The first-order valence-corrected chi connectivity index (χ1v) is 6.13. The highest BCUT2D eigenvalue weighted by molar-refractivity contribution is 5.80. The molecule has 1 aliphatic heterocycles. The van der Waals surface area contributed by atoms with Crippen LogP contribution in [0, 0.1) is 0 Å². The van der Waals surface area contributed by atoms with Gasteiger partial charge in [-0.25, -0.2) is 9.18 Å². The van der Waals surface area contributed by atoms with E-state index >= 15 is 0 Å². The van der Waals surface area contributed by atoms with E-state index in [4.69, 9.17) is 0 Å². The molecule has 1 aromatic carbocycles. The van der Waals surface area contributed by atoms with Gasteiger partial charge in [0.15, 0.2) is 0 Å². The zero-order chi connectivity index (χ0) is 13.2. The molecule has 1 fully saturated rings. The molecule has 0 aliphatic carbocycles. The number of hydrogen-bond acceptors (Lipinski definition) is 3. The third kappa shape index (κ3) is 2.38. The minimum Gasteiger partial charge on any atom is -0.467 e.